The summed E-state index contributed by atoms with van der Waals surface area (Å²) in [5, 5.41) is 5.00. The largest absolute Gasteiger partial charge is 0.489 e. The maximum Gasteiger partial charge on any atom is 0.259 e. The fourth-order valence-corrected chi connectivity index (χ4v) is 3.21. The van der Waals surface area contributed by atoms with Gasteiger partial charge in [-0.15, -0.1) is 0 Å². The van der Waals surface area contributed by atoms with Gasteiger partial charge >= 0.3 is 0 Å². The number of amides is 3. The van der Waals surface area contributed by atoms with Crippen LogP contribution in [-0.2, 0) is 0 Å². The number of imide groups is 1. The SMILES string of the molecule is C[C@H]1Oc2c(C(=O)Nc3ccc4c(c3)C(=O)NC4=O)cccc2[C@@H]1C. The standard InChI is InChI=1S/C19H16N2O4/c1-9-10(2)25-16-12(9)4-3-5-14(16)18(23)20-11-6-7-13-15(8-11)19(24)21-17(13)22/h3-10H,1-2H3,(H,20,23)(H,21,22,24)/t9-,10-/m1/s1. The van der Waals surface area contributed by atoms with Crippen LogP contribution in [0.4, 0.5) is 5.69 Å². The zero-order chi connectivity index (χ0) is 17.7. The van der Waals surface area contributed by atoms with Crippen LogP contribution in [0, 0.1) is 0 Å². The Balaban J connectivity index is 1.64. The van der Waals surface area contributed by atoms with E-state index in [1.54, 1.807) is 12.1 Å². The van der Waals surface area contributed by atoms with Crippen molar-refractivity contribution in [3.8, 4) is 5.75 Å². The average Bonchev–Trinajstić information content (AvgIpc) is 3.04. The molecule has 0 unspecified atom stereocenters. The van der Waals surface area contributed by atoms with Gasteiger partial charge in [0.15, 0.2) is 0 Å². The van der Waals surface area contributed by atoms with Crippen LogP contribution in [0.2, 0.25) is 0 Å². The van der Waals surface area contributed by atoms with Crippen molar-refractivity contribution in [1.82, 2.24) is 5.32 Å². The van der Waals surface area contributed by atoms with E-state index in [4.69, 9.17) is 4.74 Å². The minimum absolute atomic E-state index is 0.0126. The van der Waals surface area contributed by atoms with Crippen molar-refractivity contribution < 1.29 is 19.1 Å². The zero-order valence-electron chi connectivity index (χ0n) is 13.8. The Labute approximate surface area is 144 Å². The number of carbonyl (C=O) groups excluding carboxylic acids is 3. The van der Waals surface area contributed by atoms with E-state index in [2.05, 4.69) is 17.6 Å². The number of carbonyl (C=O) groups is 3. The van der Waals surface area contributed by atoms with Gasteiger partial charge in [-0.05, 0) is 31.2 Å². The molecular formula is C19H16N2O4. The summed E-state index contributed by atoms with van der Waals surface area (Å²) in [6.07, 6.45) is 0.0126. The van der Waals surface area contributed by atoms with Gasteiger partial charge in [0.1, 0.15) is 11.9 Å². The monoisotopic (exact) mass is 336 g/mol. The minimum atomic E-state index is -0.456. The molecule has 2 aliphatic rings. The highest BCUT2D eigenvalue weighted by Gasteiger charge is 2.31. The van der Waals surface area contributed by atoms with Gasteiger partial charge in [0.2, 0.25) is 0 Å². The maximum absolute atomic E-state index is 12.7. The molecule has 2 heterocycles. The molecule has 3 amide bonds. The van der Waals surface area contributed by atoms with E-state index >= 15 is 0 Å². The summed E-state index contributed by atoms with van der Waals surface area (Å²) >= 11 is 0. The third-order valence-corrected chi connectivity index (χ3v) is 4.78. The summed E-state index contributed by atoms with van der Waals surface area (Å²) in [5.74, 6) is -0.368. The summed E-state index contributed by atoms with van der Waals surface area (Å²) in [5.41, 5.74) is 2.49. The topological polar surface area (TPSA) is 84.5 Å². The highest BCUT2D eigenvalue weighted by Crippen LogP contribution is 2.40. The van der Waals surface area contributed by atoms with Crippen LogP contribution in [-0.4, -0.2) is 23.8 Å². The Morgan fingerprint density at radius 1 is 1.08 bits per heavy atom. The Hall–Kier alpha value is -3.15. The molecule has 2 aliphatic heterocycles. The predicted octanol–water partition coefficient (Wildman–Crippen LogP) is 2.71. The number of para-hydroxylation sites is 1. The number of hydrogen-bond donors (Lipinski definition) is 2. The fourth-order valence-electron chi connectivity index (χ4n) is 3.21. The molecule has 6 nitrogen and oxygen atoms in total. The first-order valence-corrected chi connectivity index (χ1v) is 8.06. The molecular weight excluding hydrogens is 320 g/mol. The number of fused-ring (bicyclic) bond motifs is 2. The van der Waals surface area contributed by atoms with E-state index in [9.17, 15) is 14.4 Å². The summed E-state index contributed by atoms with van der Waals surface area (Å²) < 4.78 is 5.84. The van der Waals surface area contributed by atoms with Crippen molar-refractivity contribution in [1.29, 1.82) is 0 Å². The highest BCUT2D eigenvalue weighted by atomic mass is 16.5. The predicted molar refractivity (Wildman–Crippen MR) is 91.1 cm³/mol. The van der Waals surface area contributed by atoms with Crippen molar-refractivity contribution in [2.75, 3.05) is 5.32 Å². The van der Waals surface area contributed by atoms with Gasteiger partial charge in [-0.2, -0.15) is 0 Å². The van der Waals surface area contributed by atoms with Crippen molar-refractivity contribution in [3.05, 3.63) is 58.7 Å². The van der Waals surface area contributed by atoms with Crippen LogP contribution in [0.3, 0.4) is 0 Å². The van der Waals surface area contributed by atoms with Gasteiger partial charge in [-0.3, -0.25) is 19.7 Å². The number of nitrogens with one attached hydrogen (secondary N) is 2. The third kappa shape index (κ3) is 2.38. The second-order valence-electron chi connectivity index (χ2n) is 6.33. The summed E-state index contributed by atoms with van der Waals surface area (Å²) in [6, 6.07) is 10.1. The maximum atomic E-state index is 12.7. The Bertz CT molecular complexity index is 935. The molecule has 2 aromatic carbocycles. The van der Waals surface area contributed by atoms with E-state index < -0.39 is 11.8 Å². The van der Waals surface area contributed by atoms with Gasteiger partial charge in [-0.1, -0.05) is 19.1 Å². The molecule has 2 N–H and O–H groups in total. The lowest BCUT2D eigenvalue weighted by atomic mass is 9.97. The zero-order valence-corrected chi connectivity index (χ0v) is 13.8. The number of benzene rings is 2. The molecule has 0 radical (unpaired) electrons. The van der Waals surface area contributed by atoms with Crippen LogP contribution in [0.5, 0.6) is 5.75 Å². The molecule has 126 valence electrons. The molecule has 4 rings (SSSR count). The smallest absolute Gasteiger partial charge is 0.259 e. The molecule has 0 aromatic heterocycles. The number of anilines is 1. The van der Waals surface area contributed by atoms with E-state index in [1.807, 2.05) is 19.1 Å². The van der Waals surface area contributed by atoms with E-state index in [0.29, 0.717) is 22.6 Å². The quantitative estimate of drug-likeness (QED) is 0.826. The third-order valence-electron chi connectivity index (χ3n) is 4.78. The van der Waals surface area contributed by atoms with Gasteiger partial charge in [0, 0.05) is 17.2 Å². The first-order chi connectivity index (χ1) is 12.0. The lowest BCUT2D eigenvalue weighted by Crippen LogP contribution is -2.19. The molecule has 2 atom stereocenters. The molecule has 2 aromatic rings. The van der Waals surface area contributed by atoms with Crippen molar-refractivity contribution in [2.24, 2.45) is 0 Å². The fraction of sp³-hybridized carbons (Fsp3) is 0.211. The van der Waals surface area contributed by atoms with E-state index in [-0.39, 0.29) is 23.5 Å². The van der Waals surface area contributed by atoms with Crippen LogP contribution in [0.15, 0.2) is 36.4 Å². The molecule has 0 aliphatic carbocycles. The number of rotatable bonds is 2. The van der Waals surface area contributed by atoms with Gasteiger partial charge in [0.25, 0.3) is 17.7 Å². The average molecular weight is 336 g/mol. The highest BCUT2D eigenvalue weighted by molar-refractivity contribution is 6.22. The molecule has 0 saturated carbocycles. The Kier molecular flexibility index (Phi) is 3.35. The van der Waals surface area contributed by atoms with Crippen molar-refractivity contribution >= 4 is 23.4 Å². The first-order valence-electron chi connectivity index (χ1n) is 8.06. The normalized spacial score (nSPS) is 20.6. The van der Waals surface area contributed by atoms with Crippen LogP contribution < -0.4 is 15.4 Å². The van der Waals surface area contributed by atoms with Crippen molar-refractivity contribution in [2.45, 2.75) is 25.9 Å². The number of ether oxygens (including phenoxy) is 1. The second kappa shape index (κ2) is 5.44. The van der Waals surface area contributed by atoms with Crippen LogP contribution in [0.25, 0.3) is 0 Å². The molecule has 0 fully saturated rings. The minimum Gasteiger partial charge on any atom is -0.489 e. The first kappa shape index (κ1) is 15.4. The van der Waals surface area contributed by atoms with Crippen LogP contribution in [0.1, 0.15) is 56.4 Å². The van der Waals surface area contributed by atoms with Gasteiger partial charge in [0.05, 0.1) is 16.7 Å². The molecule has 25 heavy (non-hydrogen) atoms. The lowest BCUT2D eigenvalue weighted by molar-refractivity contribution is 0.0878. The summed E-state index contributed by atoms with van der Waals surface area (Å²) in [4.78, 5) is 36.0. The molecule has 6 heteroatoms. The molecule has 0 saturated heterocycles. The Morgan fingerprint density at radius 2 is 1.84 bits per heavy atom. The lowest BCUT2D eigenvalue weighted by Gasteiger charge is -2.10. The van der Waals surface area contributed by atoms with E-state index in [1.165, 1.54) is 12.1 Å². The summed E-state index contributed by atoms with van der Waals surface area (Å²) in [7, 11) is 0. The number of hydrogen-bond acceptors (Lipinski definition) is 4. The van der Waals surface area contributed by atoms with Crippen LogP contribution >= 0.6 is 0 Å². The van der Waals surface area contributed by atoms with E-state index in [0.717, 1.165) is 5.56 Å². The second-order valence-corrected chi connectivity index (χ2v) is 6.33. The molecule has 0 spiro atoms. The molecule has 0 bridgehead atoms. The van der Waals surface area contributed by atoms with Gasteiger partial charge < -0.3 is 10.1 Å². The van der Waals surface area contributed by atoms with Crippen molar-refractivity contribution in [3.63, 3.8) is 0 Å². The van der Waals surface area contributed by atoms with Gasteiger partial charge in [-0.25, -0.2) is 0 Å². The summed E-state index contributed by atoms with van der Waals surface area (Å²) in [6.45, 7) is 4.04. The Morgan fingerprint density at radius 3 is 2.64 bits per heavy atom.